The van der Waals surface area contributed by atoms with Gasteiger partial charge in [-0.15, -0.1) is 0 Å². The summed E-state index contributed by atoms with van der Waals surface area (Å²) in [7, 11) is 0. The van der Waals surface area contributed by atoms with Crippen molar-refractivity contribution in [2.45, 2.75) is 45.6 Å². The summed E-state index contributed by atoms with van der Waals surface area (Å²) in [4.78, 5) is 25.0. The van der Waals surface area contributed by atoms with Crippen LogP contribution in [0.1, 0.15) is 50.3 Å². The number of nitrogens with zero attached hydrogens (tertiary/aromatic N) is 1. The van der Waals surface area contributed by atoms with E-state index in [-0.39, 0.29) is 24.3 Å². The Morgan fingerprint density at radius 3 is 2.29 bits per heavy atom. The van der Waals surface area contributed by atoms with Crippen LogP contribution >= 0.6 is 0 Å². The van der Waals surface area contributed by atoms with Crippen LogP contribution in [-0.2, 0) is 16.0 Å². The molecule has 1 aromatic rings. The molecule has 2 rings (SSSR count). The van der Waals surface area contributed by atoms with Crippen molar-refractivity contribution in [3.63, 3.8) is 0 Å². The van der Waals surface area contributed by atoms with Crippen molar-refractivity contribution in [3.8, 4) is 0 Å². The quantitative estimate of drug-likeness (QED) is 0.847. The average Bonchev–Trinajstić information content (AvgIpc) is 2.43. The van der Waals surface area contributed by atoms with Gasteiger partial charge in [0.05, 0.1) is 12.6 Å². The maximum Gasteiger partial charge on any atom is 0.229 e. The summed E-state index contributed by atoms with van der Waals surface area (Å²) in [5, 5.41) is 10.2. The second kappa shape index (κ2) is 6.85. The van der Waals surface area contributed by atoms with Gasteiger partial charge >= 0.3 is 0 Å². The molecular formula is C17H23NO3. The molecule has 1 heterocycles. The van der Waals surface area contributed by atoms with Gasteiger partial charge < -0.3 is 5.11 Å². The maximum atomic E-state index is 11.9. The summed E-state index contributed by atoms with van der Waals surface area (Å²) in [6, 6.07) is 7.72. The van der Waals surface area contributed by atoms with Crippen molar-refractivity contribution >= 4 is 11.8 Å². The highest BCUT2D eigenvalue weighted by Crippen LogP contribution is 2.22. The van der Waals surface area contributed by atoms with Crippen molar-refractivity contribution in [3.05, 3.63) is 35.4 Å². The number of carbonyl (C=O) groups excluding carboxylic acids is 2. The standard InChI is InChI=1S/C17H23NO3/c1-3-4-13-5-7-14(8-6-13)15(19)11-18-16(20)9-12(2)10-17(18)21/h5-8,12,15,19H,3-4,9-11H2,1-2H3. The Morgan fingerprint density at radius 2 is 1.76 bits per heavy atom. The highest BCUT2D eigenvalue weighted by Gasteiger charge is 2.31. The van der Waals surface area contributed by atoms with Crippen molar-refractivity contribution in [1.29, 1.82) is 0 Å². The fourth-order valence-electron chi connectivity index (χ4n) is 2.70. The largest absolute Gasteiger partial charge is 0.387 e. The Morgan fingerprint density at radius 1 is 1.19 bits per heavy atom. The van der Waals surface area contributed by atoms with E-state index in [2.05, 4.69) is 6.92 Å². The van der Waals surface area contributed by atoms with Gasteiger partial charge in [-0.3, -0.25) is 14.5 Å². The summed E-state index contributed by atoms with van der Waals surface area (Å²) >= 11 is 0. The number of carbonyl (C=O) groups is 2. The van der Waals surface area contributed by atoms with E-state index in [1.165, 1.54) is 10.5 Å². The molecule has 1 saturated heterocycles. The molecular weight excluding hydrogens is 266 g/mol. The summed E-state index contributed by atoms with van der Waals surface area (Å²) in [5.74, 6) is -0.257. The molecule has 2 amide bonds. The molecule has 0 aliphatic carbocycles. The van der Waals surface area contributed by atoms with Crippen LogP contribution in [-0.4, -0.2) is 28.4 Å². The Labute approximate surface area is 125 Å². The number of piperidine rings is 1. The molecule has 1 aromatic carbocycles. The summed E-state index contributed by atoms with van der Waals surface area (Å²) in [5.41, 5.74) is 1.97. The van der Waals surface area contributed by atoms with Gasteiger partial charge in [-0.2, -0.15) is 0 Å². The lowest BCUT2D eigenvalue weighted by Crippen LogP contribution is -2.44. The fraction of sp³-hybridized carbons (Fsp3) is 0.529. The lowest BCUT2D eigenvalue weighted by molar-refractivity contribution is -0.151. The number of aliphatic hydroxyl groups excluding tert-OH is 1. The molecule has 1 unspecified atom stereocenters. The highest BCUT2D eigenvalue weighted by molar-refractivity contribution is 5.97. The van der Waals surface area contributed by atoms with Gasteiger partial charge in [0.2, 0.25) is 11.8 Å². The van der Waals surface area contributed by atoms with Crippen LogP contribution in [0.25, 0.3) is 0 Å². The SMILES string of the molecule is CCCc1ccc(C(O)CN2C(=O)CC(C)CC2=O)cc1. The van der Waals surface area contributed by atoms with Gasteiger partial charge in [-0.25, -0.2) is 0 Å². The second-order valence-corrected chi connectivity index (χ2v) is 5.92. The van der Waals surface area contributed by atoms with Gasteiger partial charge in [0.1, 0.15) is 0 Å². The zero-order chi connectivity index (χ0) is 15.4. The van der Waals surface area contributed by atoms with Crippen LogP contribution in [0.3, 0.4) is 0 Å². The van der Waals surface area contributed by atoms with E-state index in [0.29, 0.717) is 12.8 Å². The topological polar surface area (TPSA) is 57.6 Å². The molecule has 1 N–H and O–H groups in total. The first-order valence-corrected chi connectivity index (χ1v) is 7.61. The number of aryl methyl sites for hydroxylation is 1. The molecule has 0 aromatic heterocycles. The predicted molar refractivity (Wildman–Crippen MR) is 80.5 cm³/mol. The number of rotatable bonds is 5. The van der Waals surface area contributed by atoms with Crippen LogP contribution in [0, 0.1) is 5.92 Å². The summed E-state index contributed by atoms with van der Waals surface area (Å²) in [6.45, 7) is 4.07. The number of amides is 2. The number of imide groups is 1. The number of aliphatic hydroxyl groups is 1. The normalized spacial score (nSPS) is 18.1. The third kappa shape index (κ3) is 3.91. The van der Waals surface area contributed by atoms with Crippen molar-refractivity contribution in [2.75, 3.05) is 6.54 Å². The minimum Gasteiger partial charge on any atom is -0.387 e. The first-order valence-electron chi connectivity index (χ1n) is 7.61. The molecule has 114 valence electrons. The number of benzene rings is 1. The minimum absolute atomic E-state index is 0.0531. The summed E-state index contributed by atoms with van der Waals surface area (Å²) in [6.07, 6.45) is 2.04. The molecule has 1 atom stereocenters. The van der Waals surface area contributed by atoms with E-state index < -0.39 is 6.10 Å². The molecule has 4 nitrogen and oxygen atoms in total. The molecule has 1 aliphatic heterocycles. The zero-order valence-electron chi connectivity index (χ0n) is 12.7. The predicted octanol–water partition coefficient (Wildman–Crippen LogP) is 2.46. The second-order valence-electron chi connectivity index (χ2n) is 5.92. The molecule has 0 saturated carbocycles. The van der Waals surface area contributed by atoms with E-state index in [9.17, 15) is 14.7 Å². The molecule has 1 fully saturated rings. The van der Waals surface area contributed by atoms with Gasteiger partial charge in [0.25, 0.3) is 0 Å². The van der Waals surface area contributed by atoms with Crippen LogP contribution in [0.4, 0.5) is 0 Å². The van der Waals surface area contributed by atoms with Gasteiger partial charge in [0, 0.05) is 12.8 Å². The third-order valence-corrected chi connectivity index (χ3v) is 3.91. The zero-order valence-corrected chi connectivity index (χ0v) is 12.7. The van der Waals surface area contributed by atoms with Crippen molar-refractivity contribution in [1.82, 2.24) is 4.90 Å². The van der Waals surface area contributed by atoms with Crippen molar-refractivity contribution in [2.24, 2.45) is 5.92 Å². The number of hydrogen-bond acceptors (Lipinski definition) is 3. The Hall–Kier alpha value is -1.68. The smallest absolute Gasteiger partial charge is 0.229 e. The molecule has 4 heteroatoms. The molecule has 21 heavy (non-hydrogen) atoms. The molecule has 1 aliphatic rings. The van der Waals surface area contributed by atoms with Crippen LogP contribution in [0.5, 0.6) is 0 Å². The molecule has 0 spiro atoms. The number of hydrogen-bond donors (Lipinski definition) is 1. The van der Waals surface area contributed by atoms with Crippen LogP contribution in [0.15, 0.2) is 24.3 Å². The minimum atomic E-state index is -0.818. The molecule has 0 radical (unpaired) electrons. The Balaban J connectivity index is 2.01. The lowest BCUT2D eigenvalue weighted by atomic mass is 9.97. The molecule has 0 bridgehead atoms. The first kappa shape index (κ1) is 15.7. The number of likely N-dealkylation sites (tertiary alicyclic amines) is 1. The highest BCUT2D eigenvalue weighted by atomic mass is 16.3. The van der Waals surface area contributed by atoms with E-state index in [4.69, 9.17) is 0 Å². The average molecular weight is 289 g/mol. The number of β-amino-alcohol motifs (C(OH)–C–C–N with tert-alkyl or cyclic N) is 1. The van der Waals surface area contributed by atoms with Gasteiger partial charge in [0.15, 0.2) is 0 Å². The van der Waals surface area contributed by atoms with Crippen LogP contribution < -0.4 is 0 Å². The van der Waals surface area contributed by atoms with E-state index in [0.717, 1.165) is 18.4 Å². The fourth-order valence-corrected chi connectivity index (χ4v) is 2.70. The van der Waals surface area contributed by atoms with E-state index in [1.807, 2.05) is 31.2 Å². The first-order chi connectivity index (χ1) is 10.0. The summed E-state index contributed by atoms with van der Waals surface area (Å²) < 4.78 is 0. The van der Waals surface area contributed by atoms with E-state index in [1.54, 1.807) is 0 Å². The van der Waals surface area contributed by atoms with Crippen LogP contribution in [0.2, 0.25) is 0 Å². The van der Waals surface area contributed by atoms with Gasteiger partial charge in [-0.05, 0) is 23.5 Å². The Bertz CT molecular complexity index is 491. The Kier molecular flexibility index (Phi) is 5.12. The third-order valence-electron chi connectivity index (χ3n) is 3.91. The van der Waals surface area contributed by atoms with Gasteiger partial charge in [-0.1, -0.05) is 44.5 Å². The van der Waals surface area contributed by atoms with E-state index >= 15 is 0 Å². The lowest BCUT2D eigenvalue weighted by Gasteiger charge is -2.30. The maximum absolute atomic E-state index is 11.9. The van der Waals surface area contributed by atoms with Crippen molar-refractivity contribution < 1.29 is 14.7 Å². The monoisotopic (exact) mass is 289 g/mol.